The predicted molar refractivity (Wildman–Crippen MR) is 173 cm³/mol. The Morgan fingerprint density at radius 2 is 2.02 bits per heavy atom. The van der Waals surface area contributed by atoms with Gasteiger partial charge in [0.2, 0.25) is 5.95 Å². The van der Waals surface area contributed by atoms with Gasteiger partial charge in [-0.05, 0) is 51.2 Å². The predicted octanol–water partition coefficient (Wildman–Crippen LogP) is 5.45. The third kappa shape index (κ3) is 5.25. The van der Waals surface area contributed by atoms with Crippen LogP contribution in [0.15, 0.2) is 12.4 Å². The number of benzene rings is 1. The molecule has 0 radical (unpaired) electrons. The van der Waals surface area contributed by atoms with Crippen LogP contribution < -0.4 is 15.5 Å². The number of carbonyl (C=O) groups is 1. The normalized spacial score (nSPS) is 20.6. The van der Waals surface area contributed by atoms with E-state index in [4.69, 9.17) is 14.5 Å². The van der Waals surface area contributed by atoms with Crippen LogP contribution in [0.1, 0.15) is 56.7 Å². The molecule has 3 aromatic heterocycles. The molecule has 14 heteroatoms. The number of hydrogen-bond donors (Lipinski definition) is 2. The fourth-order valence-electron chi connectivity index (χ4n) is 7.16. The number of anilines is 2. The standard InChI is InChI=1S/C33H34F2N8O3S/c1-32(2,3)46-31(44)41-29-18(10-36)24-27(37-12-22(34)28(24)47-29)23-21-15-45-14-20(21)19-11-38-30(40-26(19)25(23)35)42-8-4-17(13-42)43-9-7-39-33(16-43)5-6-33/h11-12,17,39H,4-9,13-16H2,1-3H3,(H,41,44). The quantitative estimate of drug-likeness (QED) is 0.292. The lowest BCUT2D eigenvalue weighted by atomic mass is 9.94. The minimum absolute atomic E-state index is 0.0302. The smallest absolute Gasteiger partial charge is 0.412 e. The van der Waals surface area contributed by atoms with Gasteiger partial charge in [0.25, 0.3) is 0 Å². The molecular weight excluding hydrogens is 626 g/mol. The van der Waals surface area contributed by atoms with Gasteiger partial charge in [0.15, 0.2) is 11.6 Å². The van der Waals surface area contributed by atoms with Crippen molar-refractivity contribution in [2.24, 2.45) is 0 Å². The second kappa shape index (κ2) is 11.0. The Morgan fingerprint density at radius 3 is 2.79 bits per heavy atom. The molecule has 3 aliphatic heterocycles. The van der Waals surface area contributed by atoms with E-state index in [2.05, 4.69) is 36.5 Å². The Hall–Kier alpha value is -4.03. The van der Waals surface area contributed by atoms with Gasteiger partial charge in [-0.15, -0.1) is 11.3 Å². The summed E-state index contributed by atoms with van der Waals surface area (Å²) in [6, 6.07) is 2.45. The van der Waals surface area contributed by atoms with Crippen LogP contribution in [0.2, 0.25) is 0 Å². The lowest BCUT2D eigenvalue weighted by Gasteiger charge is -2.37. The molecule has 1 unspecified atom stereocenters. The zero-order valence-electron chi connectivity index (χ0n) is 26.4. The van der Waals surface area contributed by atoms with Gasteiger partial charge in [0.1, 0.15) is 22.2 Å². The minimum atomic E-state index is -0.793. The van der Waals surface area contributed by atoms with Crippen LogP contribution in [-0.2, 0) is 22.7 Å². The summed E-state index contributed by atoms with van der Waals surface area (Å²) in [4.78, 5) is 31.1. The number of aromatic nitrogens is 3. The summed E-state index contributed by atoms with van der Waals surface area (Å²) in [5, 5.41) is 17.2. The number of amides is 1. The van der Waals surface area contributed by atoms with Gasteiger partial charge in [-0.1, -0.05) is 0 Å². The van der Waals surface area contributed by atoms with E-state index in [0.717, 1.165) is 62.2 Å². The number of ether oxygens (including phenoxy) is 2. The average Bonchev–Trinajstić information content (AvgIpc) is 3.42. The van der Waals surface area contributed by atoms with E-state index in [9.17, 15) is 10.1 Å². The van der Waals surface area contributed by atoms with Crippen molar-refractivity contribution in [1.82, 2.24) is 25.2 Å². The Bertz CT molecular complexity index is 2000. The maximum absolute atomic E-state index is 16.9. The molecule has 47 heavy (non-hydrogen) atoms. The first kappa shape index (κ1) is 30.3. The van der Waals surface area contributed by atoms with Gasteiger partial charge in [0, 0.05) is 66.8 Å². The summed E-state index contributed by atoms with van der Waals surface area (Å²) in [7, 11) is 0. The van der Waals surface area contributed by atoms with E-state index < -0.39 is 23.3 Å². The number of nitrogens with zero attached hydrogens (tertiary/aromatic N) is 6. The summed E-state index contributed by atoms with van der Waals surface area (Å²) in [5.74, 6) is -0.880. The van der Waals surface area contributed by atoms with Crippen molar-refractivity contribution in [3.8, 4) is 17.3 Å². The van der Waals surface area contributed by atoms with Crippen LogP contribution in [0.25, 0.3) is 32.2 Å². The molecule has 3 fully saturated rings. The van der Waals surface area contributed by atoms with Crippen molar-refractivity contribution in [2.75, 3.05) is 42.9 Å². The maximum Gasteiger partial charge on any atom is 0.412 e. The summed E-state index contributed by atoms with van der Waals surface area (Å²) in [5.41, 5.74) is 1.06. The molecule has 4 aromatic rings. The van der Waals surface area contributed by atoms with Gasteiger partial charge in [-0.2, -0.15) is 5.26 Å². The van der Waals surface area contributed by atoms with Crippen molar-refractivity contribution < 1.29 is 23.0 Å². The number of fused-ring (bicyclic) bond motifs is 4. The van der Waals surface area contributed by atoms with E-state index in [1.54, 1.807) is 27.0 Å². The number of piperazine rings is 1. The third-order valence-electron chi connectivity index (χ3n) is 9.54. The number of thiophene rings is 1. The lowest BCUT2D eigenvalue weighted by molar-refractivity contribution is 0.0636. The molecule has 2 N–H and O–H groups in total. The van der Waals surface area contributed by atoms with Crippen molar-refractivity contribution >= 4 is 49.4 Å². The molecule has 2 saturated heterocycles. The second-order valence-corrected chi connectivity index (χ2v) is 14.9. The fourth-order valence-corrected chi connectivity index (χ4v) is 8.20. The van der Waals surface area contributed by atoms with Crippen LogP contribution in [0, 0.1) is 23.0 Å². The molecule has 1 aromatic carbocycles. The highest BCUT2D eigenvalue weighted by Crippen LogP contribution is 2.46. The average molecular weight is 661 g/mol. The summed E-state index contributed by atoms with van der Waals surface area (Å²) < 4.78 is 43.4. The highest BCUT2D eigenvalue weighted by Gasteiger charge is 2.47. The molecule has 8 rings (SSSR count). The Morgan fingerprint density at radius 1 is 1.21 bits per heavy atom. The van der Waals surface area contributed by atoms with E-state index in [-0.39, 0.29) is 56.2 Å². The first-order valence-corrected chi connectivity index (χ1v) is 16.7. The first-order valence-electron chi connectivity index (χ1n) is 15.9. The van der Waals surface area contributed by atoms with Crippen molar-refractivity contribution in [2.45, 2.75) is 70.4 Å². The maximum atomic E-state index is 16.9. The molecule has 1 saturated carbocycles. The summed E-state index contributed by atoms with van der Waals surface area (Å²) in [6.45, 7) is 10.0. The molecule has 0 bridgehead atoms. The number of nitrogens with one attached hydrogen (secondary N) is 2. The molecule has 1 amide bonds. The van der Waals surface area contributed by atoms with Crippen molar-refractivity contribution in [3.05, 3.63) is 40.7 Å². The molecule has 1 atom stereocenters. The number of halogens is 2. The van der Waals surface area contributed by atoms with Crippen molar-refractivity contribution in [3.63, 3.8) is 0 Å². The van der Waals surface area contributed by atoms with Gasteiger partial charge >= 0.3 is 6.09 Å². The number of hydrogen-bond acceptors (Lipinski definition) is 11. The van der Waals surface area contributed by atoms with Gasteiger partial charge < -0.3 is 19.7 Å². The SMILES string of the molecule is CC(C)(C)OC(=O)Nc1sc2c(F)cnc(-c3c4c(c5cnc(N6CCC(N7CCNC8(CC8)C7)C6)nc5c3F)COC4)c2c1C#N. The molecule has 11 nitrogen and oxygen atoms in total. The molecule has 244 valence electrons. The zero-order chi connectivity index (χ0) is 32.7. The lowest BCUT2D eigenvalue weighted by Crippen LogP contribution is -2.56. The molecule has 4 aliphatic rings. The Labute approximate surface area is 273 Å². The Kier molecular flexibility index (Phi) is 7.10. The summed E-state index contributed by atoms with van der Waals surface area (Å²) in [6.07, 6.45) is 5.31. The van der Waals surface area contributed by atoms with Crippen LogP contribution in [0.3, 0.4) is 0 Å². The largest absolute Gasteiger partial charge is 0.444 e. The van der Waals surface area contributed by atoms with Crippen LogP contribution in [0.4, 0.5) is 24.5 Å². The molecule has 6 heterocycles. The highest BCUT2D eigenvalue weighted by molar-refractivity contribution is 7.23. The van der Waals surface area contributed by atoms with Gasteiger partial charge in [-0.25, -0.2) is 23.5 Å². The topological polar surface area (TPSA) is 129 Å². The van der Waals surface area contributed by atoms with E-state index in [0.29, 0.717) is 22.9 Å². The van der Waals surface area contributed by atoms with Crippen LogP contribution in [-0.4, -0.2) is 75.9 Å². The van der Waals surface area contributed by atoms with E-state index in [1.807, 2.05) is 0 Å². The second-order valence-electron chi connectivity index (χ2n) is 13.8. The first-order chi connectivity index (χ1) is 22.5. The molecule has 1 aliphatic carbocycles. The fraction of sp³-hybridized carbons (Fsp3) is 0.485. The van der Waals surface area contributed by atoms with E-state index in [1.165, 1.54) is 12.8 Å². The Balaban J connectivity index is 1.20. The highest BCUT2D eigenvalue weighted by atomic mass is 32.1. The van der Waals surface area contributed by atoms with Crippen molar-refractivity contribution in [1.29, 1.82) is 5.26 Å². The van der Waals surface area contributed by atoms with Gasteiger partial charge in [0.05, 0.1) is 35.4 Å². The van der Waals surface area contributed by atoms with E-state index >= 15 is 8.78 Å². The number of pyridine rings is 1. The zero-order valence-corrected chi connectivity index (χ0v) is 27.2. The summed E-state index contributed by atoms with van der Waals surface area (Å²) >= 11 is 0.872. The monoisotopic (exact) mass is 660 g/mol. The minimum Gasteiger partial charge on any atom is -0.444 e. The van der Waals surface area contributed by atoms with Crippen LogP contribution in [0.5, 0.6) is 0 Å². The number of carbonyl (C=O) groups excluding carboxylic acids is 1. The number of rotatable bonds is 4. The third-order valence-corrected chi connectivity index (χ3v) is 10.7. The van der Waals surface area contributed by atoms with Crippen LogP contribution >= 0.6 is 11.3 Å². The molecule has 1 spiro atoms. The van der Waals surface area contributed by atoms with Gasteiger partial charge in [-0.3, -0.25) is 15.2 Å². The molecular formula is C33H34F2N8O3S. The number of nitriles is 1.